The van der Waals surface area contributed by atoms with Crippen LogP contribution in [0.4, 0.5) is 0 Å². The summed E-state index contributed by atoms with van der Waals surface area (Å²) in [6, 6.07) is 38.5. The molecule has 14 nitrogen and oxygen atoms in total. The quantitative estimate of drug-likeness (QED) is 0.0414. The number of H-pyrrole nitrogens is 1. The van der Waals surface area contributed by atoms with Gasteiger partial charge < -0.3 is 45.7 Å². The third kappa shape index (κ3) is 12.2. The number of esters is 1. The van der Waals surface area contributed by atoms with E-state index in [0.717, 1.165) is 38.0 Å². The van der Waals surface area contributed by atoms with Crippen LogP contribution in [0, 0.1) is 5.92 Å². The molecule has 7 rings (SSSR count). The number of nitrogens with one attached hydrogen (secondary N) is 4. The van der Waals surface area contributed by atoms with E-state index < -0.39 is 23.6 Å². The van der Waals surface area contributed by atoms with Gasteiger partial charge in [0.05, 0.1) is 18.2 Å². The first-order valence-corrected chi connectivity index (χ1v) is 21.9. The lowest BCUT2D eigenvalue weighted by Crippen LogP contribution is -2.40. The lowest BCUT2D eigenvalue weighted by Gasteiger charge is -2.33. The van der Waals surface area contributed by atoms with E-state index in [1.807, 2.05) is 30.3 Å². The molecule has 0 aliphatic carbocycles. The molecule has 0 radical (unpaired) electrons. The van der Waals surface area contributed by atoms with Crippen molar-refractivity contribution in [1.29, 1.82) is 0 Å². The SMILES string of the molecule is O=C(COc1cccc([C@](O)(C(=O)OCC2CCN(Cc3ccccc3)CC2)c2ccccc2)c1)NCCNC(=O)c1ccc(CCNC[C@H](O)c2ccc(O)c3[nH]c(=O)ccc23)cc1. The number of likely N-dealkylation sites (tertiary alicyclic amines) is 1. The van der Waals surface area contributed by atoms with Crippen LogP contribution in [0.5, 0.6) is 11.5 Å². The van der Waals surface area contributed by atoms with Crippen LogP contribution < -0.4 is 26.2 Å². The van der Waals surface area contributed by atoms with Gasteiger partial charge in [-0.25, -0.2) is 4.79 Å². The highest BCUT2D eigenvalue weighted by Gasteiger charge is 2.42. The third-order valence-electron chi connectivity index (χ3n) is 11.7. The van der Waals surface area contributed by atoms with Gasteiger partial charge in [-0.05, 0) is 103 Å². The average molecular weight is 882 g/mol. The van der Waals surface area contributed by atoms with Crippen molar-refractivity contribution in [3.8, 4) is 11.5 Å². The highest BCUT2D eigenvalue weighted by atomic mass is 16.5. The van der Waals surface area contributed by atoms with Gasteiger partial charge in [0.2, 0.25) is 11.2 Å². The van der Waals surface area contributed by atoms with E-state index >= 15 is 0 Å². The predicted octanol–water partition coefficient (Wildman–Crippen LogP) is 4.72. The zero-order valence-electron chi connectivity index (χ0n) is 36.1. The monoisotopic (exact) mass is 881 g/mol. The van der Waals surface area contributed by atoms with Gasteiger partial charge in [0.25, 0.3) is 11.8 Å². The summed E-state index contributed by atoms with van der Waals surface area (Å²) in [5.41, 5.74) is 1.70. The maximum atomic E-state index is 13.8. The van der Waals surface area contributed by atoms with Gasteiger partial charge >= 0.3 is 5.97 Å². The molecule has 0 saturated carbocycles. The van der Waals surface area contributed by atoms with Crippen molar-refractivity contribution >= 4 is 28.7 Å². The van der Waals surface area contributed by atoms with Gasteiger partial charge in [0, 0.05) is 48.8 Å². The Balaban J connectivity index is 0.820. The molecule has 1 aliphatic heterocycles. The fourth-order valence-corrected chi connectivity index (χ4v) is 7.98. The number of fused-ring (bicyclic) bond motifs is 1. The highest BCUT2D eigenvalue weighted by molar-refractivity contribution is 5.94. The lowest BCUT2D eigenvalue weighted by atomic mass is 9.86. The number of aliphatic hydroxyl groups is 2. The standard InChI is InChI=1S/C51H55N5O9/c57-44-20-18-42(43-19-21-46(59)55-48(43)44)45(58)31-52-25-22-35-14-16-38(17-15-35)49(61)54-27-26-53-47(60)34-64-41-13-7-12-40(30-41)51(63,39-10-5-2-6-11-39)50(62)65-33-37-23-28-56(29-24-37)32-36-8-3-1-4-9-36/h1-21,30,37,45,52,57-58,63H,22-29,31-34H2,(H,53,60)(H,54,61)(H,55,59)/t45-,51-/m0/s1. The second kappa shape index (κ2) is 22.2. The van der Waals surface area contributed by atoms with Crippen LogP contribution in [0.25, 0.3) is 10.9 Å². The summed E-state index contributed by atoms with van der Waals surface area (Å²) in [6.07, 6.45) is 1.53. The largest absolute Gasteiger partial charge is 0.506 e. The van der Waals surface area contributed by atoms with E-state index in [0.29, 0.717) is 35.0 Å². The summed E-state index contributed by atoms with van der Waals surface area (Å²) >= 11 is 0. The molecule has 1 fully saturated rings. The Kier molecular flexibility index (Phi) is 15.8. The maximum Gasteiger partial charge on any atom is 0.347 e. The van der Waals surface area contributed by atoms with E-state index in [1.165, 1.54) is 23.8 Å². The predicted molar refractivity (Wildman–Crippen MR) is 246 cm³/mol. The van der Waals surface area contributed by atoms with E-state index in [9.17, 15) is 34.5 Å². The number of piperidine rings is 1. The first-order valence-electron chi connectivity index (χ1n) is 21.9. The number of phenolic OH excluding ortho intramolecular Hbond substituents is 1. The molecule has 0 spiro atoms. The van der Waals surface area contributed by atoms with Gasteiger partial charge in [-0.2, -0.15) is 0 Å². The number of ether oxygens (including phenoxy) is 2. The van der Waals surface area contributed by atoms with Crippen molar-refractivity contribution in [2.24, 2.45) is 5.92 Å². The zero-order valence-corrected chi connectivity index (χ0v) is 36.1. The normalized spacial score (nSPS) is 14.6. The number of benzene rings is 5. The summed E-state index contributed by atoms with van der Waals surface area (Å²) < 4.78 is 11.6. The molecule has 1 aromatic heterocycles. The smallest absolute Gasteiger partial charge is 0.347 e. The van der Waals surface area contributed by atoms with Crippen LogP contribution >= 0.6 is 0 Å². The van der Waals surface area contributed by atoms with Crippen molar-refractivity contribution in [3.63, 3.8) is 0 Å². The zero-order chi connectivity index (χ0) is 45.6. The van der Waals surface area contributed by atoms with Crippen molar-refractivity contribution in [2.45, 2.75) is 37.5 Å². The Bertz CT molecular complexity index is 2580. The second-order valence-electron chi connectivity index (χ2n) is 16.3. The number of hydrogen-bond acceptors (Lipinski definition) is 11. The number of aliphatic hydroxyl groups excluding tert-OH is 1. The van der Waals surface area contributed by atoms with Crippen LogP contribution in [0.1, 0.15) is 57.1 Å². The van der Waals surface area contributed by atoms with Crippen molar-refractivity contribution < 1.29 is 39.2 Å². The average Bonchev–Trinajstić information content (AvgIpc) is 3.34. The molecule has 338 valence electrons. The molecule has 0 unspecified atom stereocenters. The van der Waals surface area contributed by atoms with Crippen LogP contribution in [-0.2, 0) is 32.9 Å². The summed E-state index contributed by atoms with van der Waals surface area (Å²) in [5, 5.41) is 42.3. The summed E-state index contributed by atoms with van der Waals surface area (Å²) in [6.45, 7) is 3.68. The second-order valence-corrected chi connectivity index (χ2v) is 16.3. The molecule has 65 heavy (non-hydrogen) atoms. The molecule has 0 bridgehead atoms. The van der Waals surface area contributed by atoms with Gasteiger partial charge in [-0.3, -0.25) is 19.3 Å². The molecule has 2 atom stereocenters. The molecular weight excluding hydrogens is 827 g/mol. The first-order chi connectivity index (χ1) is 31.6. The van der Waals surface area contributed by atoms with Crippen LogP contribution in [0.2, 0.25) is 0 Å². The molecule has 1 saturated heterocycles. The summed E-state index contributed by atoms with van der Waals surface area (Å²) in [7, 11) is 0. The molecule has 14 heteroatoms. The number of aromatic amines is 1. The Hall–Kier alpha value is -6.84. The Morgan fingerprint density at radius 1 is 0.785 bits per heavy atom. The van der Waals surface area contributed by atoms with E-state index in [-0.39, 0.29) is 72.8 Å². The molecule has 1 aliphatic rings. The van der Waals surface area contributed by atoms with Crippen LogP contribution in [-0.4, -0.2) is 95.5 Å². The summed E-state index contributed by atoms with van der Waals surface area (Å²) in [4.78, 5) is 56.0. The molecular formula is C51H55N5O9. The number of hydrogen-bond donors (Lipinski definition) is 7. The molecule has 5 aromatic carbocycles. The van der Waals surface area contributed by atoms with Crippen molar-refractivity contribution in [2.75, 3.05) is 52.5 Å². The topological polar surface area (TPSA) is 203 Å². The number of carbonyl (C=O) groups excluding carboxylic acids is 3. The molecule has 2 amide bonds. The lowest BCUT2D eigenvalue weighted by molar-refractivity contribution is -0.164. The minimum Gasteiger partial charge on any atom is -0.506 e. The van der Waals surface area contributed by atoms with Crippen molar-refractivity contribution in [1.82, 2.24) is 25.8 Å². The maximum absolute atomic E-state index is 13.8. The van der Waals surface area contributed by atoms with E-state index in [1.54, 1.807) is 72.8 Å². The van der Waals surface area contributed by atoms with E-state index in [2.05, 4.69) is 38.0 Å². The van der Waals surface area contributed by atoms with Crippen LogP contribution in [0.15, 0.2) is 138 Å². The molecule has 2 heterocycles. The number of aromatic hydroxyl groups is 1. The number of nitrogens with zero attached hydrogens (tertiary/aromatic N) is 1. The minimum atomic E-state index is -2.12. The van der Waals surface area contributed by atoms with Gasteiger partial charge in [0.15, 0.2) is 6.61 Å². The summed E-state index contributed by atoms with van der Waals surface area (Å²) in [5.74, 6) is -1.12. The Morgan fingerprint density at radius 2 is 1.49 bits per heavy atom. The molecule has 7 N–H and O–H groups in total. The van der Waals surface area contributed by atoms with Crippen molar-refractivity contribution in [3.05, 3.63) is 177 Å². The third-order valence-corrected chi connectivity index (χ3v) is 11.7. The number of carbonyl (C=O) groups is 3. The Morgan fingerprint density at radius 3 is 2.25 bits per heavy atom. The van der Waals surface area contributed by atoms with E-state index in [4.69, 9.17) is 9.47 Å². The number of rotatable bonds is 20. The number of amides is 2. The number of aromatic nitrogens is 1. The van der Waals surface area contributed by atoms with Gasteiger partial charge in [-0.1, -0.05) is 91.0 Å². The fourth-order valence-electron chi connectivity index (χ4n) is 7.98. The molecule has 6 aromatic rings. The fraction of sp³-hybridized carbons (Fsp3) is 0.294. The number of phenols is 1. The van der Waals surface area contributed by atoms with Gasteiger partial charge in [0.1, 0.15) is 11.5 Å². The van der Waals surface area contributed by atoms with Crippen LogP contribution in [0.3, 0.4) is 0 Å². The Labute approximate surface area is 377 Å². The van der Waals surface area contributed by atoms with Gasteiger partial charge in [-0.15, -0.1) is 0 Å². The highest BCUT2D eigenvalue weighted by Crippen LogP contribution is 2.34. The number of pyridine rings is 1. The minimum absolute atomic E-state index is 0.0681. The first kappa shape index (κ1) is 46.2.